The van der Waals surface area contributed by atoms with Crippen molar-refractivity contribution in [3.63, 3.8) is 0 Å². The summed E-state index contributed by atoms with van der Waals surface area (Å²) < 4.78 is 28.8. The third-order valence-corrected chi connectivity index (χ3v) is 4.79. The van der Waals surface area contributed by atoms with Gasteiger partial charge >= 0.3 is 7.82 Å². The first-order valence-electron chi connectivity index (χ1n) is 7.48. The van der Waals surface area contributed by atoms with Gasteiger partial charge in [-0.2, -0.15) is 0 Å². The second-order valence-electron chi connectivity index (χ2n) is 5.90. The zero-order valence-corrected chi connectivity index (χ0v) is 15.1. The number of aliphatic hydroxyl groups is 1. The molecule has 0 aliphatic heterocycles. The maximum absolute atomic E-state index is 12.6. The summed E-state index contributed by atoms with van der Waals surface area (Å²) in [6, 6.07) is 3.82. The summed E-state index contributed by atoms with van der Waals surface area (Å²) in [5, 5.41) is 9.33. The molecule has 126 valence electrons. The molecular weight excluding hydrogens is 303 g/mol. The first-order chi connectivity index (χ1) is 10.2. The molecule has 0 atom stereocenters. The van der Waals surface area contributed by atoms with Crippen LogP contribution in [0.15, 0.2) is 12.1 Å². The van der Waals surface area contributed by atoms with E-state index in [-0.39, 0.29) is 25.4 Å². The Balaban J connectivity index is 2.87. The van der Waals surface area contributed by atoms with E-state index in [0.717, 1.165) is 22.3 Å². The zero-order chi connectivity index (χ0) is 16.9. The molecule has 0 saturated carbocycles. The average Bonchev–Trinajstić information content (AvgIpc) is 2.34. The Hall–Kier alpha value is -0.710. The monoisotopic (exact) mass is 330 g/mol. The Morgan fingerprint density at radius 3 is 1.86 bits per heavy atom. The number of phosphoric acid groups is 1. The van der Waals surface area contributed by atoms with E-state index in [2.05, 4.69) is 0 Å². The SMILES string of the molecule is Cc1cc(COP(=O)(OC(C)C)OC(C)C)cc(C)c1CO. The summed E-state index contributed by atoms with van der Waals surface area (Å²) in [6.45, 7) is 11.1. The van der Waals surface area contributed by atoms with Crippen molar-refractivity contribution < 1.29 is 23.2 Å². The molecule has 0 radical (unpaired) electrons. The van der Waals surface area contributed by atoms with Crippen molar-refractivity contribution >= 4 is 7.82 Å². The quantitative estimate of drug-likeness (QED) is 0.721. The number of phosphoric ester groups is 1. The van der Waals surface area contributed by atoms with E-state index in [1.165, 1.54) is 0 Å². The van der Waals surface area contributed by atoms with Crippen LogP contribution < -0.4 is 0 Å². The predicted octanol–water partition coefficient (Wildman–Crippen LogP) is 4.27. The second-order valence-corrected chi connectivity index (χ2v) is 7.47. The third kappa shape index (κ3) is 5.82. The molecule has 0 aromatic heterocycles. The lowest BCUT2D eigenvalue weighted by atomic mass is 10.0. The van der Waals surface area contributed by atoms with Gasteiger partial charge in [-0.1, -0.05) is 12.1 Å². The molecule has 1 N–H and O–H groups in total. The number of rotatable bonds is 8. The summed E-state index contributed by atoms with van der Waals surface area (Å²) in [5.41, 5.74) is 3.73. The molecule has 0 aliphatic rings. The number of benzene rings is 1. The molecule has 0 unspecified atom stereocenters. The lowest BCUT2D eigenvalue weighted by Gasteiger charge is -2.22. The largest absolute Gasteiger partial charge is 0.475 e. The van der Waals surface area contributed by atoms with Crippen LogP contribution >= 0.6 is 7.82 Å². The van der Waals surface area contributed by atoms with Gasteiger partial charge in [-0.3, -0.25) is 13.6 Å². The van der Waals surface area contributed by atoms with Crippen LogP contribution in [-0.4, -0.2) is 17.3 Å². The molecule has 0 amide bonds. The lowest BCUT2D eigenvalue weighted by Crippen LogP contribution is -2.10. The van der Waals surface area contributed by atoms with Crippen LogP contribution in [0, 0.1) is 13.8 Å². The molecule has 1 rings (SSSR count). The van der Waals surface area contributed by atoms with Crippen LogP contribution in [0.25, 0.3) is 0 Å². The Labute approximate surface area is 133 Å². The van der Waals surface area contributed by atoms with Crippen LogP contribution in [-0.2, 0) is 31.4 Å². The van der Waals surface area contributed by atoms with Gasteiger partial charge in [-0.25, -0.2) is 4.57 Å². The molecule has 0 spiro atoms. The van der Waals surface area contributed by atoms with Gasteiger partial charge in [0.2, 0.25) is 0 Å². The summed E-state index contributed by atoms with van der Waals surface area (Å²) in [5.74, 6) is 0. The molecule has 1 aromatic carbocycles. The number of aliphatic hydroxyl groups excluding tert-OH is 1. The molecule has 0 fully saturated rings. The van der Waals surface area contributed by atoms with E-state index in [1.54, 1.807) is 27.7 Å². The fraction of sp³-hybridized carbons (Fsp3) is 0.625. The highest BCUT2D eigenvalue weighted by Crippen LogP contribution is 2.52. The van der Waals surface area contributed by atoms with E-state index in [1.807, 2.05) is 26.0 Å². The van der Waals surface area contributed by atoms with E-state index < -0.39 is 7.82 Å². The van der Waals surface area contributed by atoms with Crippen LogP contribution in [0.3, 0.4) is 0 Å². The normalized spacial score (nSPS) is 12.4. The topological polar surface area (TPSA) is 65.0 Å². The summed E-state index contributed by atoms with van der Waals surface area (Å²) in [4.78, 5) is 0. The van der Waals surface area contributed by atoms with Gasteiger partial charge in [0.05, 0.1) is 25.4 Å². The standard InChI is InChI=1S/C16H27O5P/c1-11(2)20-22(18,21-12(3)4)19-10-15-7-13(5)16(9-17)14(6)8-15/h7-8,11-12,17H,9-10H2,1-6H3. The number of hydrogen-bond acceptors (Lipinski definition) is 5. The molecule has 0 saturated heterocycles. The minimum absolute atomic E-state index is 0.00418. The zero-order valence-electron chi connectivity index (χ0n) is 14.3. The van der Waals surface area contributed by atoms with Crippen LogP contribution in [0.5, 0.6) is 0 Å². The van der Waals surface area contributed by atoms with Gasteiger partial charge in [0, 0.05) is 0 Å². The number of hydrogen-bond donors (Lipinski definition) is 1. The Kier molecular flexibility index (Phi) is 7.23. The van der Waals surface area contributed by atoms with Crippen LogP contribution in [0.4, 0.5) is 0 Å². The molecule has 6 heteroatoms. The molecule has 0 aliphatic carbocycles. The van der Waals surface area contributed by atoms with Gasteiger partial charge in [-0.05, 0) is 63.8 Å². The number of aryl methyl sites for hydroxylation is 2. The first kappa shape index (κ1) is 19.3. The molecule has 5 nitrogen and oxygen atoms in total. The highest BCUT2D eigenvalue weighted by atomic mass is 31.2. The minimum atomic E-state index is -3.60. The van der Waals surface area contributed by atoms with E-state index in [4.69, 9.17) is 13.6 Å². The molecular formula is C16H27O5P. The van der Waals surface area contributed by atoms with Gasteiger partial charge in [0.15, 0.2) is 0 Å². The van der Waals surface area contributed by atoms with Crippen molar-refractivity contribution in [1.29, 1.82) is 0 Å². The highest BCUT2D eigenvalue weighted by Gasteiger charge is 2.29. The highest BCUT2D eigenvalue weighted by molar-refractivity contribution is 7.48. The van der Waals surface area contributed by atoms with Gasteiger partial charge in [-0.15, -0.1) is 0 Å². The molecule has 1 aromatic rings. The van der Waals surface area contributed by atoms with Crippen LogP contribution in [0.2, 0.25) is 0 Å². The Morgan fingerprint density at radius 2 is 1.50 bits per heavy atom. The van der Waals surface area contributed by atoms with Crippen LogP contribution in [0.1, 0.15) is 49.9 Å². The third-order valence-electron chi connectivity index (χ3n) is 2.98. The Bertz CT molecular complexity index is 502. The minimum Gasteiger partial charge on any atom is -0.392 e. The van der Waals surface area contributed by atoms with E-state index >= 15 is 0 Å². The van der Waals surface area contributed by atoms with Crippen molar-refractivity contribution in [1.82, 2.24) is 0 Å². The van der Waals surface area contributed by atoms with Crippen molar-refractivity contribution in [2.45, 2.75) is 67.0 Å². The van der Waals surface area contributed by atoms with Crippen molar-refractivity contribution in [3.8, 4) is 0 Å². The van der Waals surface area contributed by atoms with Crippen molar-refractivity contribution in [2.24, 2.45) is 0 Å². The smallest absolute Gasteiger partial charge is 0.392 e. The fourth-order valence-electron chi connectivity index (χ4n) is 2.17. The lowest BCUT2D eigenvalue weighted by molar-refractivity contribution is 0.0682. The van der Waals surface area contributed by atoms with E-state index in [9.17, 15) is 9.67 Å². The van der Waals surface area contributed by atoms with Crippen molar-refractivity contribution in [2.75, 3.05) is 0 Å². The maximum atomic E-state index is 12.6. The summed E-state index contributed by atoms with van der Waals surface area (Å²) >= 11 is 0. The van der Waals surface area contributed by atoms with Gasteiger partial charge in [0.25, 0.3) is 0 Å². The molecule has 22 heavy (non-hydrogen) atoms. The fourth-order valence-corrected chi connectivity index (χ4v) is 3.68. The first-order valence-corrected chi connectivity index (χ1v) is 8.94. The van der Waals surface area contributed by atoms with Gasteiger partial charge in [0.1, 0.15) is 0 Å². The molecule has 0 heterocycles. The maximum Gasteiger partial charge on any atom is 0.475 e. The van der Waals surface area contributed by atoms with Gasteiger partial charge < -0.3 is 5.11 Å². The summed E-state index contributed by atoms with van der Waals surface area (Å²) in [6.07, 6.45) is -0.519. The van der Waals surface area contributed by atoms with E-state index in [0.29, 0.717) is 0 Å². The summed E-state index contributed by atoms with van der Waals surface area (Å²) in [7, 11) is -3.60. The Morgan fingerprint density at radius 1 is 1.05 bits per heavy atom. The predicted molar refractivity (Wildman–Crippen MR) is 86.7 cm³/mol. The average molecular weight is 330 g/mol. The molecule has 0 bridgehead atoms. The second kappa shape index (κ2) is 8.23. The van der Waals surface area contributed by atoms with Crippen molar-refractivity contribution in [3.05, 3.63) is 34.4 Å².